The van der Waals surface area contributed by atoms with Crippen molar-refractivity contribution in [2.45, 2.75) is 12.8 Å². The molecule has 0 fully saturated rings. The van der Waals surface area contributed by atoms with Crippen molar-refractivity contribution < 1.29 is 4.42 Å². The summed E-state index contributed by atoms with van der Waals surface area (Å²) in [6.45, 7) is 0. The van der Waals surface area contributed by atoms with E-state index in [0.29, 0.717) is 0 Å². The average Bonchev–Trinajstić information content (AvgIpc) is 3.53. The zero-order valence-electron chi connectivity index (χ0n) is 27.0. The molecule has 0 bridgehead atoms. The van der Waals surface area contributed by atoms with Crippen LogP contribution in [0.3, 0.4) is 0 Å². The van der Waals surface area contributed by atoms with Crippen molar-refractivity contribution in [1.82, 2.24) is 0 Å². The maximum absolute atomic E-state index is 6.44. The number of benzene rings is 8. The zero-order valence-corrected chi connectivity index (χ0v) is 27.0. The third-order valence-electron chi connectivity index (χ3n) is 10.3. The number of furan rings is 1. The molecule has 0 saturated heterocycles. The summed E-state index contributed by atoms with van der Waals surface area (Å²) in [6, 6.07) is 57.7. The van der Waals surface area contributed by atoms with Gasteiger partial charge in [0.15, 0.2) is 0 Å². The fourth-order valence-electron chi connectivity index (χ4n) is 7.93. The highest BCUT2D eigenvalue weighted by molar-refractivity contribution is 6.22. The van der Waals surface area contributed by atoms with Gasteiger partial charge in [0, 0.05) is 10.8 Å². The first-order valence-electron chi connectivity index (χ1n) is 17.1. The maximum atomic E-state index is 6.44. The number of hydrogen-bond acceptors (Lipinski definition) is 1. The molecule has 1 heteroatoms. The Morgan fingerprint density at radius 2 is 0.918 bits per heavy atom. The van der Waals surface area contributed by atoms with Crippen molar-refractivity contribution in [3.05, 3.63) is 175 Å². The number of fused-ring (bicyclic) bond motifs is 6. The van der Waals surface area contributed by atoms with Crippen molar-refractivity contribution in [2.75, 3.05) is 0 Å². The minimum Gasteiger partial charge on any atom is -0.456 e. The van der Waals surface area contributed by atoms with Gasteiger partial charge in [-0.15, -0.1) is 0 Å². The summed E-state index contributed by atoms with van der Waals surface area (Å²) in [5.74, 6) is 0. The lowest BCUT2D eigenvalue weighted by Crippen LogP contribution is -1.93. The molecule has 0 spiro atoms. The Morgan fingerprint density at radius 1 is 0.367 bits per heavy atom. The fourth-order valence-corrected chi connectivity index (χ4v) is 7.93. The van der Waals surface area contributed by atoms with Crippen molar-refractivity contribution >= 4 is 49.6 Å². The lowest BCUT2D eigenvalue weighted by Gasteiger charge is -2.19. The highest BCUT2D eigenvalue weighted by Crippen LogP contribution is 2.46. The molecule has 10 rings (SSSR count). The molecule has 49 heavy (non-hydrogen) atoms. The Hall–Kier alpha value is -6.18. The normalized spacial score (nSPS) is 12.7. The van der Waals surface area contributed by atoms with E-state index in [0.717, 1.165) is 29.4 Å². The lowest BCUT2D eigenvalue weighted by atomic mass is 9.84. The van der Waals surface area contributed by atoms with Gasteiger partial charge in [0.1, 0.15) is 11.2 Å². The van der Waals surface area contributed by atoms with E-state index < -0.39 is 0 Å². The first-order chi connectivity index (χ1) is 24.3. The molecule has 0 saturated carbocycles. The highest BCUT2D eigenvalue weighted by Gasteiger charge is 2.19. The van der Waals surface area contributed by atoms with E-state index in [1.54, 1.807) is 0 Å². The fraction of sp³-hybridized carbons (Fsp3) is 0.0417. The van der Waals surface area contributed by atoms with Crippen molar-refractivity contribution in [3.8, 4) is 44.5 Å². The van der Waals surface area contributed by atoms with E-state index in [1.807, 2.05) is 0 Å². The third kappa shape index (κ3) is 4.62. The molecule has 1 aliphatic rings. The number of rotatable bonds is 4. The van der Waals surface area contributed by atoms with Gasteiger partial charge in [-0.3, -0.25) is 0 Å². The summed E-state index contributed by atoms with van der Waals surface area (Å²) in [7, 11) is 0. The molecule has 8 aromatic carbocycles. The second kappa shape index (κ2) is 11.2. The summed E-state index contributed by atoms with van der Waals surface area (Å²) >= 11 is 0. The smallest absolute Gasteiger partial charge is 0.135 e. The van der Waals surface area contributed by atoms with Crippen molar-refractivity contribution in [3.63, 3.8) is 0 Å². The standard InChI is InChI=1S/C48H32O/c1-3-11-31(12-4-1)33-19-21-34(22-20-33)47-39-17-9-10-18-40(39)48(41-25-23-37(28-44(41)47)32-13-5-2-6-14-32)38-24-26-45-42(29-38)43-27-35-15-7-8-16-36(35)30-46(43)49-45/h1-7,9-15,17-30H,8,16H2. The number of allylic oxidation sites excluding steroid dienone is 1. The molecule has 1 nitrogen and oxygen atoms in total. The predicted octanol–water partition coefficient (Wildman–Crippen LogP) is 13.5. The second-order valence-corrected chi connectivity index (χ2v) is 13.2. The molecule has 0 aliphatic heterocycles. The Bertz CT molecular complexity index is 2730. The summed E-state index contributed by atoms with van der Waals surface area (Å²) in [4.78, 5) is 0. The van der Waals surface area contributed by atoms with Gasteiger partial charge < -0.3 is 4.42 Å². The lowest BCUT2D eigenvalue weighted by molar-refractivity contribution is 0.668. The molecule has 1 heterocycles. The van der Waals surface area contributed by atoms with Crippen LogP contribution in [0.4, 0.5) is 0 Å². The second-order valence-electron chi connectivity index (χ2n) is 13.2. The maximum Gasteiger partial charge on any atom is 0.135 e. The minimum atomic E-state index is 0.931. The third-order valence-corrected chi connectivity index (χ3v) is 10.3. The monoisotopic (exact) mass is 624 g/mol. The van der Waals surface area contributed by atoms with Crippen LogP contribution in [0.5, 0.6) is 0 Å². The van der Waals surface area contributed by atoms with Crippen molar-refractivity contribution in [1.29, 1.82) is 0 Å². The topological polar surface area (TPSA) is 13.1 Å². The Morgan fingerprint density at radius 3 is 1.67 bits per heavy atom. The van der Waals surface area contributed by atoms with Crippen LogP contribution in [0, 0.1) is 0 Å². The van der Waals surface area contributed by atoms with Crippen LogP contribution < -0.4 is 0 Å². The van der Waals surface area contributed by atoms with E-state index in [2.05, 4.69) is 170 Å². The molecular weight excluding hydrogens is 593 g/mol. The molecule has 0 unspecified atom stereocenters. The van der Waals surface area contributed by atoms with Crippen molar-refractivity contribution in [2.24, 2.45) is 0 Å². The molecule has 1 aliphatic carbocycles. The Kier molecular flexibility index (Phi) is 6.38. The predicted molar refractivity (Wildman–Crippen MR) is 208 cm³/mol. The molecule has 0 N–H and O–H groups in total. The first-order valence-corrected chi connectivity index (χ1v) is 17.1. The van der Waals surface area contributed by atoms with E-state index in [1.165, 1.54) is 82.6 Å². The quantitative estimate of drug-likeness (QED) is 0.178. The van der Waals surface area contributed by atoms with Gasteiger partial charge in [0.05, 0.1) is 0 Å². The SMILES string of the molecule is C1=Cc2cc3c(cc2CC1)oc1ccc(-c2c4ccccc4c(-c4ccc(-c5ccccc5)cc4)c4cc(-c5ccccc5)ccc24)cc13. The summed E-state index contributed by atoms with van der Waals surface area (Å²) in [5.41, 5.74) is 14.4. The Labute approximate surface area is 285 Å². The summed E-state index contributed by atoms with van der Waals surface area (Å²) < 4.78 is 6.44. The zero-order chi connectivity index (χ0) is 32.3. The summed E-state index contributed by atoms with van der Waals surface area (Å²) in [6.07, 6.45) is 6.69. The van der Waals surface area contributed by atoms with Gasteiger partial charge in [-0.2, -0.15) is 0 Å². The Balaban J connectivity index is 1.25. The van der Waals surface area contributed by atoms with E-state index in [9.17, 15) is 0 Å². The van der Waals surface area contributed by atoms with E-state index in [4.69, 9.17) is 4.42 Å². The molecule has 0 atom stereocenters. The number of hydrogen-bond donors (Lipinski definition) is 0. The average molecular weight is 625 g/mol. The van der Waals surface area contributed by atoms with E-state index in [-0.39, 0.29) is 0 Å². The van der Waals surface area contributed by atoms with Gasteiger partial charge in [-0.25, -0.2) is 0 Å². The van der Waals surface area contributed by atoms with Gasteiger partial charge in [0.25, 0.3) is 0 Å². The minimum absolute atomic E-state index is 0.931. The largest absolute Gasteiger partial charge is 0.456 e. The highest BCUT2D eigenvalue weighted by atomic mass is 16.3. The van der Waals surface area contributed by atoms with Crippen LogP contribution in [0.2, 0.25) is 0 Å². The molecule has 230 valence electrons. The number of aryl methyl sites for hydroxylation is 1. The van der Waals surface area contributed by atoms with Crippen LogP contribution >= 0.6 is 0 Å². The molecule has 1 aromatic heterocycles. The molecule has 0 amide bonds. The summed E-state index contributed by atoms with van der Waals surface area (Å²) in [5, 5.41) is 7.33. The van der Waals surface area contributed by atoms with Gasteiger partial charge >= 0.3 is 0 Å². The van der Waals surface area contributed by atoms with E-state index >= 15 is 0 Å². The van der Waals surface area contributed by atoms with Gasteiger partial charge in [-0.1, -0.05) is 140 Å². The molecular formula is C48H32O. The molecule has 0 radical (unpaired) electrons. The van der Waals surface area contributed by atoms with Gasteiger partial charge in [0.2, 0.25) is 0 Å². The van der Waals surface area contributed by atoms with Crippen LogP contribution in [0.1, 0.15) is 17.5 Å². The van der Waals surface area contributed by atoms with Crippen LogP contribution in [-0.2, 0) is 6.42 Å². The van der Waals surface area contributed by atoms with Crippen LogP contribution in [0.25, 0.3) is 94.1 Å². The van der Waals surface area contributed by atoms with Gasteiger partial charge in [-0.05, 0) is 120 Å². The first kappa shape index (κ1) is 27.9. The molecule has 9 aromatic rings. The van der Waals surface area contributed by atoms with Crippen LogP contribution in [0.15, 0.2) is 168 Å². The van der Waals surface area contributed by atoms with Crippen LogP contribution in [-0.4, -0.2) is 0 Å².